The lowest BCUT2D eigenvalue weighted by atomic mass is 9.94. The number of esters is 1. The van der Waals surface area contributed by atoms with E-state index in [0.29, 0.717) is 41.1 Å². The Morgan fingerprint density at radius 1 is 1.18 bits per heavy atom. The Kier molecular flexibility index (Phi) is 7.97. The van der Waals surface area contributed by atoms with Gasteiger partial charge in [0.05, 0.1) is 23.6 Å². The Labute approximate surface area is 200 Å². The molecule has 2 aromatic rings. The third kappa shape index (κ3) is 5.65. The van der Waals surface area contributed by atoms with Crippen LogP contribution in [-0.2, 0) is 14.8 Å². The van der Waals surface area contributed by atoms with Crippen molar-refractivity contribution in [3.8, 4) is 0 Å². The summed E-state index contributed by atoms with van der Waals surface area (Å²) in [6, 6.07) is 6.19. The topological polar surface area (TPSA) is 92.8 Å². The highest BCUT2D eigenvalue weighted by molar-refractivity contribution is 7.89. The molecule has 2 unspecified atom stereocenters. The van der Waals surface area contributed by atoms with Crippen LogP contribution < -0.4 is 5.32 Å². The maximum absolute atomic E-state index is 13.2. The van der Waals surface area contributed by atoms with Crippen molar-refractivity contribution in [2.75, 3.05) is 31.6 Å². The van der Waals surface area contributed by atoms with Gasteiger partial charge < -0.3 is 10.1 Å². The summed E-state index contributed by atoms with van der Waals surface area (Å²) in [4.78, 5) is 26.3. The number of ether oxygens (including phenoxy) is 1. The number of thiophene rings is 1. The molecule has 1 N–H and O–H groups in total. The maximum atomic E-state index is 13.2. The SMILES string of the molecule is CCOC(=O)c1c(NCC(=O)c2cccc(S(=O)(=O)N3CC(C)CC(C)C3)c2)sc(C)c1C. The fraction of sp³-hybridized carbons (Fsp3) is 0.500. The van der Waals surface area contributed by atoms with E-state index < -0.39 is 16.0 Å². The number of carbonyl (C=O) groups is 2. The van der Waals surface area contributed by atoms with E-state index in [-0.39, 0.29) is 23.8 Å². The number of sulfonamides is 1. The Balaban J connectivity index is 1.77. The van der Waals surface area contributed by atoms with Gasteiger partial charge in [0.1, 0.15) is 5.00 Å². The number of rotatable bonds is 8. The molecule has 1 aliphatic rings. The number of aryl methyl sites for hydroxylation is 1. The number of Topliss-reactive ketones (excluding diaryl/α,β-unsaturated/α-hetero) is 1. The van der Waals surface area contributed by atoms with Gasteiger partial charge in [0.25, 0.3) is 0 Å². The van der Waals surface area contributed by atoms with Gasteiger partial charge in [0.15, 0.2) is 5.78 Å². The van der Waals surface area contributed by atoms with Crippen molar-refractivity contribution in [3.63, 3.8) is 0 Å². The highest BCUT2D eigenvalue weighted by Gasteiger charge is 2.32. The Hall–Kier alpha value is -2.23. The van der Waals surface area contributed by atoms with Gasteiger partial charge in [0.2, 0.25) is 10.0 Å². The van der Waals surface area contributed by atoms with Crippen molar-refractivity contribution < 1.29 is 22.7 Å². The summed E-state index contributed by atoms with van der Waals surface area (Å²) in [7, 11) is -3.68. The van der Waals surface area contributed by atoms with Crippen LogP contribution in [0.1, 0.15) is 58.3 Å². The summed E-state index contributed by atoms with van der Waals surface area (Å²) in [5.41, 5.74) is 1.58. The summed E-state index contributed by atoms with van der Waals surface area (Å²) < 4.78 is 33.1. The molecule has 33 heavy (non-hydrogen) atoms. The van der Waals surface area contributed by atoms with Crippen LogP contribution in [-0.4, -0.2) is 50.7 Å². The zero-order valence-corrected chi connectivity index (χ0v) is 21.4. The molecular formula is C24H32N2O5S2. The normalized spacial score (nSPS) is 19.3. The van der Waals surface area contributed by atoms with Crippen LogP contribution in [0.5, 0.6) is 0 Å². The minimum Gasteiger partial charge on any atom is -0.462 e. The Morgan fingerprint density at radius 3 is 2.48 bits per heavy atom. The molecule has 0 radical (unpaired) electrons. The summed E-state index contributed by atoms with van der Waals surface area (Å²) in [6.07, 6.45) is 1.01. The molecule has 180 valence electrons. The summed E-state index contributed by atoms with van der Waals surface area (Å²) >= 11 is 1.39. The van der Waals surface area contributed by atoms with E-state index in [0.717, 1.165) is 16.9 Å². The molecule has 0 aliphatic carbocycles. The van der Waals surface area contributed by atoms with Gasteiger partial charge in [-0.15, -0.1) is 11.3 Å². The predicted octanol–water partition coefficient (Wildman–Crippen LogP) is 4.50. The first-order chi connectivity index (χ1) is 15.5. The van der Waals surface area contributed by atoms with Gasteiger partial charge in [-0.25, -0.2) is 13.2 Å². The molecule has 1 aromatic carbocycles. The standard InChI is InChI=1S/C24H32N2O5S2/c1-6-31-24(28)22-17(4)18(5)32-23(22)25-12-21(27)19-8-7-9-20(11-19)33(29,30)26-13-15(2)10-16(3)14-26/h7-9,11,15-16,25H,6,10,12-14H2,1-5H3. The van der Waals surface area contributed by atoms with Gasteiger partial charge in [-0.3, -0.25) is 4.79 Å². The molecule has 3 rings (SSSR count). The average molecular weight is 493 g/mol. The van der Waals surface area contributed by atoms with Crippen molar-refractivity contribution in [2.45, 2.75) is 45.9 Å². The third-order valence-corrected chi connectivity index (χ3v) is 8.90. The second-order valence-corrected chi connectivity index (χ2v) is 11.9. The van der Waals surface area contributed by atoms with Crippen molar-refractivity contribution in [3.05, 3.63) is 45.8 Å². The van der Waals surface area contributed by atoms with Gasteiger partial charge in [-0.2, -0.15) is 4.31 Å². The molecular weight excluding hydrogens is 460 g/mol. The first kappa shape index (κ1) is 25.4. The van der Waals surface area contributed by atoms with E-state index in [1.54, 1.807) is 19.1 Å². The first-order valence-corrected chi connectivity index (χ1v) is 13.4. The molecule has 1 aliphatic heterocycles. The van der Waals surface area contributed by atoms with Crippen molar-refractivity contribution in [2.24, 2.45) is 11.8 Å². The van der Waals surface area contributed by atoms with Gasteiger partial charge in [0, 0.05) is 23.5 Å². The molecule has 9 heteroatoms. The van der Waals surface area contributed by atoms with Crippen LogP contribution >= 0.6 is 11.3 Å². The number of hydrogen-bond acceptors (Lipinski definition) is 7. The Morgan fingerprint density at radius 2 is 1.85 bits per heavy atom. The number of ketones is 1. The second-order valence-electron chi connectivity index (χ2n) is 8.78. The van der Waals surface area contributed by atoms with Crippen LogP contribution in [0.15, 0.2) is 29.2 Å². The number of nitrogens with zero attached hydrogens (tertiary/aromatic N) is 1. The summed E-state index contributed by atoms with van der Waals surface area (Å²) in [6.45, 7) is 10.8. The number of benzene rings is 1. The van der Waals surface area contributed by atoms with E-state index in [4.69, 9.17) is 4.74 Å². The van der Waals surface area contributed by atoms with Crippen LogP contribution in [0.2, 0.25) is 0 Å². The van der Waals surface area contributed by atoms with E-state index in [2.05, 4.69) is 19.2 Å². The van der Waals surface area contributed by atoms with Crippen LogP contribution in [0.4, 0.5) is 5.00 Å². The molecule has 1 fully saturated rings. The highest BCUT2D eigenvalue weighted by Crippen LogP contribution is 2.33. The lowest BCUT2D eigenvalue weighted by Gasteiger charge is -2.34. The monoisotopic (exact) mass is 492 g/mol. The van der Waals surface area contributed by atoms with Crippen LogP contribution in [0, 0.1) is 25.7 Å². The minimum absolute atomic E-state index is 0.0624. The molecule has 0 bridgehead atoms. The Bertz CT molecular complexity index is 1130. The fourth-order valence-electron chi connectivity index (χ4n) is 4.24. The second kappa shape index (κ2) is 10.4. The number of anilines is 1. The molecule has 0 saturated carbocycles. The molecule has 7 nitrogen and oxygen atoms in total. The summed E-state index contributed by atoms with van der Waals surface area (Å²) in [5.74, 6) is -0.0917. The number of nitrogens with one attached hydrogen (secondary N) is 1. The molecule has 0 spiro atoms. The highest BCUT2D eigenvalue weighted by atomic mass is 32.2. The summed E-state index contributed by atoms with van der Waals surface area (Å²) in [5, 5.41) is 3.63. The smallest absolute Gasteiger partial charge is 0.341 e. The zero-order valence-electron chi connectivity index (χ0n) is 19.8. The molecule has 1 aromatic heterocycles. The maximum Gasteiger partial charge on any atom is 0.341 e. The third-order valence-electron chi connectivity index (χ3n) is 5.90. The predicted molar refractivity (Wildman–Crippen MR) is 131 cm³/mol. The minimum atomic E-state index is -3.68. The first-order valence-electron chi connectivity index (χ1n) is 11.2. The van der Waals surface area contributed by atoms with Crippen LogP contribution in [0.3, 0.4) is 0 Å². The molecule has 2 atom stereocenters. The van der Waals surface area contributed by atoms with E-state index in [1.807, 2.05) is 13.8 Å². The number of hydrogen-bond donors (Lipinski definition) is 1. The molecule has 1 saturated heterocycles. The van der Waals surface area contributed by atoms with E-state index >= 15 is 0 Å². The number of piperidine rings is 1. The van der Waals surface area contributed by atoms with Gasteiger partial charge in [-0.05, 0) is 56.7 Å². The largest absolute Gasteiger partial charge is 0.462 e. The van der Waals surface area contributed by atoms with E-state index in [9.17, 15) is 18.0 Å². The van der Waals surface area contributed by atoms with E-state index in [1.165, 1.54) is 27.8 Å². The number of carbonyl (C=O) groups excluding carboxylic acids is 2. The zero-order chi connectivity index (χ0) is 24.3. The average Bonchev–Trinajstić information content (AvgIpc) is 3.05. The molecule has 2 heterocycles. The van der Waals surface area contributed by atoms with Gasteiger partial charge >= 0.3 is 5.97 Å². The lowest BCUT2D eigenvalue weighted by Crippen LogP contribution is -2.42. The lowest BCUT2D eigenvalue weighted by molar-refractivity contribution is 0.0527. The van der Waals surface area contributed by atoms with Crippen molar-refractivity contribution >= 4 is 38.1 Å². The van der Waals surface area contributed by atoms with Crippen molar-refractivity contribution in [1.82, 2.24) is 4.31 Å². The molecule has 0 amide bonds. The quantitative estimate of drug-likeness (QED) is 0.431. The van der Waals surface area contributed by atoms with Crippen LogP contribution in [0.25, 0.3) is 0 Å². The van der Waals surface area contributed by atoms with Crippen molar-refractivity contribution in [1.29, 1.82) is 0 Å². The van der Waals surface area contributed by atoms with Gasteiger partial charge in [-0.1, -0.05) is 26.0 Å². The fourth-order valence-corrected chi connectivity index (χ4v) is 7.01.